The van der Waals surface area contributed by atoms with Gasteiger partial charge in [0.05, 0.1) is 28.9 Å². The normalized spacial score (nSPS) is 16.1. The molecule has 40 heavy (non-hydrogen) atoms. The van der Waals surface area contributed by atoms with E-state index in [1.165, 1.54) is 0 Å². The summed E-state index contributed by atoms with van der Waals surface area (Å²) in [7, 11) is 0. The molecule has 0 saturated carbocycles. The van der Waals surface area contributed by atoms with Gasteiger partial charge in [-0.1, -0.05) is 61.5 Å². The summed E-state index contributed by atoms with van der Waals surface area (Å²) in [5.74, 6) is 0.0554. The van der Waals surface area contributed by atoms with Crippen molar-refractivity contribution in [1.82, 2.24) is 9.55 Å². The molecule has 202 valence electrons. The first-order valence-corrected chi connectivity index (χ1v) is 13.7. The number of ether oxygens (including phenoxy) is 1. The average molecular weight is 531 g/mol. The molecule has 0 aliphatic carbocycles. The molecular formula is C34H34N4O2. The standard InChI is InChI=1S/C34H34N4O2/c1-5-28(23(4)35)27-19-31-32(37-20-27)29(24-12-14-26(15-13-24)34(39)40-6-2)21-38(31)33(25-10-8-7-9-11-25)30-18-22(3)16-17-36-30/h5,7-15,17-22,33,35H,6,16H2,1-4H3/t22?,33-/m0/s1. The van der Waals surface area contributed by atoms with E-state index >= 15 is 0 Å². The van der Waals surface area contributed by atoms with Crippen molar-refractivity contribution in [1.29, 1.82) is 5.41 Å². The predicted octanol–water partition coefficient (Wildman–Crippen LogP) is 7.91. The number of pyridine rings is 1. The van der Waals surface area contributed by atoms with Crippen LogP contribution in [0.3, 0.4) is 0 Å². The molecule has 0 spiro atoms. The van der Waals surface area contributed by atoms with Gasteiger partial charge in [0.25, 0.3) is 0 Å². The molecule has 1 aliphatic rings. The summed E-state index contributed by atoms with van der Waals surface area (Å²) in [5, 5.41) is 8.31. The molecule has 1 aliphatic heterocycles. The van der Waals surface area contributed by atoms with E-state index < -0.39 is 0 Å². The Kier molecular flexibility index (Phi) is 7.87. The molecule has 5 rings (SSSR count). The number of hydrogen-bond acceptors (Lipinski definition) is 5. The third-order valence-electron chi connectivity index (χ3n) is 7.23. The fourth-order valence-corrected chi connectivity index (χ4v) is 5.30. The number of aromatic nitrogens is 2. The molecule has 1 unspecified atom stereocenters. The topological polar surface area (TPSA) is 80.3 Å². The summed E-state index contributed by atoms with van der Waals surface area (Å²) in [5.41, 5.74) is 8.58. The molecule has 1 N–H and O–H groups in total. The fraction of sp³-hybridized carbons (Fsp3) is 0.235. The maximum Gasteiger partial charge on any atom is 0.338 e. The Labute approximate surface area is 235 Å². The van der Waals surface area contributed by atoms with Crippen molar-refractivity contribution in [2.24, 2.45) is 10.9 Å². The van der Waals surface area contributed by atoms with E-state index in [1.807, 2.05) is 43.6 Å². The number of hydrogen-bond donors (Lipinski definition) is 1. The Hall–Kier alpha value is -4.58. The van der Waals surface area contributed by atoms with E-state index in [1.54, 1.807) is 26.0 Å². The van der Waals surface area contributed by atoms with Crippen molar-refractivity contribution < 1.29 is 9.53 Å². The van der Waals surface area contributed by atoms with Crippen LogP contribution in [0.5, 0.6) is 0 Å². The second-order valence-corrected chi connectivity index (χ2v) is 10.1. The highest BCUT2D eigenvalue weighted by molar-refractivity contribution is 6.21. The smallest absolute Gasteiger partial charge is 0.338 e. The van der Waals surface area contributed by atoms with Crippen LogP contribution in [-0.4, -0.2) is 34.1 Å². The van der Waals surface area contributed by atoms with Crippen LogP contribution in [0.1, 0.15) is 61.6 Å². The molecule has 6 nitrogen and oxygen atoms in total. The average Bonchev–Trinajstić information content (AvgIpc) is 3.33. The number of nitrogens with one attached hydrogen (secondary N) is 1. The van der Waals surface area contributed by atoms with Gasteiger partial charge in [-0.05, 0) is 68.0 Å². The van der Waals surface area contributed by atoms with E-state index in [4.69, 9.17) is 20.1 Å². The lowest BCUT2D eigenvalue weighted by Gasteiger charge is -2.24. The van der Waals surface area contributed by atoms with Crippen molar-refractivity contribution >= 4 is 34.5 Å². The highest BCUT2D eigenvalue weighted by Gasteiger charge is 2.25. The number of aliphatic imine (C=N–C) groups is 1. The van der Waals surface area contributed by atoms with Gasteiger partial charge in [-0.25, -0.2) is 4.79 Å². The van der Waals surface area contributed by atoms with Gasteiger partial charge in [0, 0.05) is 35.4 Å². The highest BCUT2D eigenvalue weighted by Crippen LogP contribution is 2.38. The second-order valence-electron chi connectivity index (χ2n) is 10.1. The zero-order valence-corrected chi connectivity index (χ0v) is 23.4. The van der Waals surface area contributed by atoms with Crippen LogP contribution in [0.4, 0.5) is 0 Å². The molecule has 2 aromatic heterocycles. The molecule has 3 heterocycles. The number of carbonyl (C=O) groups is 1. The molecule has 0 amide bonds. The second kappa shape index (κ2) is 11.7. The van der Waals surface area contributed by atoms with Gasteiger partial charge < -0.3 is 14.7 Å². The molecule has 0 bridgehead atoms. The minimum atomic E-state index is -0.333. The minimum absolute atomic E-state index is 0.164. The lowest BCUT2D eigenvalue weighted by Crippen LogP contribution is -2.15. The van der Waals surface area contributed by atoms with Crippen LogP contribution >= 0.6 is 0 Å². The van der Waals surface area contributed by atoms with Crippen LogP contribution in [0, 0.1) is 11.3 Å². The molecule has 0 saturated heterocycles. The first-order valence-electron chi connectivity index (χ1n) is 13.7. The fourth-order valence-electron chi connectivity index (χ4n) is 5.30. The number of allylic oxidation sites excluding steroid dienone is 4. The Morgan fingerprint density at radius 2 is 1.90 bits per heavy atom. The van der Waals surface area contributed by atoms with E-state index in [-0.39, 0.29) is 12.0 Å². The third-order valence-corrected chi connectivity index (χ3v) is 7.23. The molecule has 2 atom stereocenters. The molecule has 0 fully saturated rings. The molecule has 2 aromatic carbocycles. The third kappa shape index (κ3) is 5.30. The Bertz CT molecular complexity index is 1640. The molecule has 6 heteroatoms. The van der Waals surface area contributed by atoms with Crippen molar-refractivity contribution in [2.45, 2.75) is 40.2 Å². The minimum Gasteiger partial charge on any atom is -0.462 e. The largest absolute Gasteiger partial charge is 0.462 e. The van der Waals surface area contributed by atoms with Gasteiger partial charge in [-0.3, -0.25) is 9.98 Å². The molecular weight excluding hydrogens is 496 g/mol. The lowest BCUT2D eigenvalue weighted by atomic mass is 9.97. The number of benzene rings is 2. The number of nitrogens with zero attached hydrogens (tertiary/aromatic N) is 3. The van der Waals surface area contributed by atoms with Crippen LogP contribution in [-0.2, 0) is 4.74 Å². The molecule has 0 radical (unpaired) electrons. The number of fused-ring (bicyclic) bond motifs is 1. The lowest BCUT2D eigenvalue weighted by molar-refractivity contribution is 0.0526. The number of carbonyl (C=O) groups excluding carboxylic acids is 1. The van der Waals surface area contributed by atoms with Crippen LogP contribution in [0.15, 0.2) is 95.9 Å². The summed E-state index contributed by atoms with van der Waals surface area (Å²) in [6.45, 7) is 8.09. The summed E-state index contributed by atoms with van der Waals surface area (Å²) in [6, 6.07) is 19.8. The van der Waals surface area contributed by atoms with Gasteiger partial charge in [0.15, 0.2) is 0 Å². The monoisotopic (exact) mass is 530 g/mol. The van der Waals surface area contributed by atoms with Gasteiger partial charge in [-0.15, -0.1) is 0 Å². The van der Waals surface area contributed by atoms with Gasteiger partial charge in [0.1, 0.15) is 6.04 Å². The highest BCUT2D eigenvalue weighted by atomic mass is 16.5. The summed E-state index contributed by atoms with van der Waals surface area (Å²) in [6.07, 6.45) is 11.1. The van der Waals surface area contributed by atoms with Crippen LogP contribution < -0.4 is 0 Å². The number of esters is 1. The summed E-state index contributed by atoms with van der Waals surface area (Å²) in [4.78, 5) is 22.1. The molecule has 4 aromatic rings. The van der Waals surface area contributed by atoms with Crippen molar-refractivity contribution in [3.63, 3.8) is 0 Å². The Balaban J connectivity index is 1.75. The quantitative estimate of drug-likeness (QED) is 0.186. The van der Waals surface area contributed by atoms with Crippen LogP contribution in [0.2, 0.25) is 0 Å². The van der Waals surface area contributed by atoms with Crippen molar-refractivity contribution in [2.75, 3.05) is 6.61 Å². The summed E-state index contributed by atoms with van der Waals surface area (Å²) < 4.78 is 7.43. The maximum absolute atomic E-state index is 12.3. The predicted molar refractivity (Wildman–Crippen MR) is 163 cm³/mol. The van der Waals surface area contributed by atoms with Crippen LogP contribution in [0.25, 0.3) is 27.7 Å². The zero-order valence-electron chi connectivity index (χ0n) is 23.4. The maximum atomic E-state index is 12.3. The number of rotatable bonds is 8. The zero-order chi connectivity index (χ0) is 28.2. The van der Waals surface area contributed by atoms with Gasteiger partial charge >= 0.3 is 5.97 Å². The van der Waals surface area contributed by atoms with Crippen molar-refractivity contribution in [3.05, 3.63) is 108 Å². The van der Waals surface area contributed by atoms with Gasteiger partial charge in [-0.2, -0.15) is 0 Å². The SMILES string of the molecule is CC=C(C(C)=N)c1cnc2c(-c3ccc(C(=O)OCC)cc3)cn([C@H](C3=CC(C)CC=N3)c3ccccc3)c2c1. The van der Waals surface area contributed by atoms with Gasteiger partial charge in [0.2, 0.25) is 0 Å². The first kappa shape index (κ1) is 27.0. The van der Waals surface area contributed by atoms with E-state index in [0.29, 0.717) is 23.8 Å². The first-order chi connectivity index (χ1) is 19.4. The Morgan fingerprint density at radius 1 is 1.15 bits per heavy atom. The van der Waals surface area contributed by atoms with E-state index in [2.05, 4.69) is 54.1 Å². The summed E-state index contributed by atoms with van der Waals surface area (Å²) >= 11 is 0. The Morgan fingerprint density at radius 3 is 2.55 bits per heavy atom. The van der Waals surface area contributed by atoms with Crippen molar-refractivity contribution in [3.8, 4) is 11.1 Å². The van der Waals surface area contributed by atoms with E-state index in [0.717, 1.165) is 51.0 Å². The van der Waals surface area contributed by atoms with E-state index in [9.17, 15) is 4.79 Å².